The Morgan fingerprint density at radius 3 is 2.25 bits per heavy atom. The van der Waals surface area contributed by atoms with Crippen molar-refractivity contribution in [1.29, 1.82) is 0 Å². The lowest BCUT2D eigenvalue weighted by Gasteiger charge is -2.13. The summed E-state index contributed by atoms with van der Waals surface area (Å²) in [5, 5.41) is 14.0. The number of rotatable bonds is 2. The molecule has 5 rings (SSSR count). The molecule has 0 saturated heterocycles. The number of hydrogen-bond acceptors (Lipinski definition) is 3. The number of pyridine rings is 1. The zero-order chi connectivity index (χ0) is 15.9. The summed E-state index contributed by atoms with van der Waals surface area (Å²) in [5.74, 6) is 0. The van der Waals surface area contributed by atoms with Crippen LogP contribution in [0.2, 0.25) is 0 Å². The monoisotopic (exact) mass is 310 g/mol. The minimum atomic E-state index is 0.989. The summed E-state index contributed by atoms with van der Waals surface area (Å²) in [6.45, 7) is 0. The van der Waals surface area contributed by atoms with Crippen molar-refractivity contribution in [2.75, 3.05) is 5.32 Å². The lowest BCUT2D eigenvalue weighted by Crippen LogP contribution is -1.95. The SMILES string of the molecule is c1ccc2c(Nc3ccc4[nH]ncc4c3)c3ccccc3nc2c1. The first-order valence-corrected chi connectivity index (χ1v) is 7.86. The lowest BCUT2D eigenvalue weighted by atomic mass is 10.1. The summed E-state index contributed by atoms with van der Waals surface area (Å²) in [7, 11) is 0. The van der Waals surface area contributed by atoms with E-state index in [9.17, 15) is 0 Å². The fraction of sp³-hybridized carbons (Fsp3) is 0. The quantitative estimate of drug-likeness (QED) is 0.451. The van der Waals surface area contributed by atoms with E-state index >= 15 is 0 Å². The molecular weight excluding hydrogens is 296 g/mol. The van der Waals surface area contributed by atoms with Crippen molar-refractivity contribution >= 4 is 44.1 Å². The van der Waals surface area contributed by atoms with Crippen molar-refractivity contribution in [1.82, 2.24) is 15.2 Å². The van der Waals surface area contributed by atoms with Crippen molar-refractivity contribution in [2.45, 2.75) is 0 Å². The number of hydrogen-bond donors (Lipinski definition) is 2. The van der Waals surface area contributed by atoms with Gasteiger partial charge in [-0.1, -0.05) is 36.4 Å². The molecule has 0 saturated carbocycles. The number of benzene rings is 3. The van der Waals surface area contributed by atoms with Crippen LogP contribution in [0.4, 0.5) is 11.4 Å². The number of aromatic nitrogens is 3. The van der Waals surface area contributed by atoms with E-state index in [1.165, 1.54) is 0 Å². The predicted molar refractivity (Wildman–Crippen MR) is 98.6 cm³/mol. The molecule has 0 aliphatic carbocycles. The maximum Gasteiger partial charge on any atom is 0.0730 e. The third kappa shape index (κ3) is 2.01. The molecule has 0 aliphatic rings. The number of aromatic amines is 1. The fourth-order valence-corrected chi connectivity index (χ4v) is 3.14. The van der Waals surface area contributed by atoms with Crippen LogP contribution in [-0.2, 0) is 0 Å². The van der Waals surface area contributed by atoms with E-state index < -0.39 is 0 Å². The third-order valence-electron chi connectivity index (χ3n) is 4.30. The van der Waals surface area contributed by atoms with Crippen LogP contribution in [0.1, 0.15) is 0 Å². The molecule has 2 N–H and O–H groups in total. The number of nitrogens with one attached hydrogen (secondary N) is 2. The first-order chi connectivity index (χ1) is 11.9. The van der Waals surface area contributed by atoms with E-state index in [1.807, 2.05) is 48.7 Å². The molecule has 0 spiro atoms. The van der Waals surface area contributed by atoms with Crippen LogP contribution in [0.3, 0.4) is 0 Å². The summed E-state index contributed by atoms with van der Waals surface area (Å²) >= 11 is 0. The summed E-state index contributed by atoms with van der Waals surface area (Å²) in [4.78, 5) is 4.77. The topological polar surface area (TPSA) is 53.6 Å². The molecule has 114 valence electrons. The molecule has 0 aliphatic heterocycles. The Hall–Kier alpha value is -3.40. The average Bonchev–Trinajstić information content (AvgIpc) is 3.09. The molecule has 0 fully saturated rings. The van der Waals surface area contributed by atoms with E-state index in [2.05, 4.69) is 39.8 Å². The Kier molecular flexibility index (Phi) is 2.76. The maximum absolute atomic E-state index is 4.77. The minimum absolute atomic E-state index is 0.989. The van der Waals surface area contributed by atoms with Gasteiger partial charge in [0.15, 0.2) is 0 Å². The normalized spacial score (nSPS) is 11.3. The van der Waals surface area contributed by atoms with Crippen LogP contribution in [-0.4, -0.2) is 15.2 Å². The minimum Gasteiger partial charge on any atom is -0.354 e. The zero-order valence-corrected chi connectivity index (χ0v) is 12.8. The molecule has 0 atom stereocenters. The molecule has 24 heavy (non-hydrogen) atoms. The number of para-hydroxylation sites is 2. The highest BCUT2D eigenvalue weighted by Crippen LogP contribution is 2.33. The van der Waals surface area contributed by atoms with Crippen LogP contribution in [0.5, 0.6) is 0 Å². The van der Waals surface area contributed by atoms with Gasteiger partial charge in [0, 0.05) is 21.8 Å². The Morgan fingerprint density at radius 1 is 0.792 bits per heavy atom. The first kappa shape index (κ1) is 13.1. The summed E-state index contributed by atoms with van der Waals surface area (Å²) in [6.07, 6.45) is 1.84. The largest absolute Gasteiger partial charge is 0.354 e. The second-order valence-electron chi connectivity index (χ2n) is 5.82. The molecule has 0 bridgehead atoms. The second-order valence-corrected chi connectivity index (χ2v) is 5.82. The van der Waals surface area contributed by atoms with Crippen LogP contribution in [0.15, 0.2) is 72.9 Å². The van der Waals surface area contributed by atoms with Crippen LogP contribution >= 0.6 is 0 Å². The Bertz CT molecular complexity index is 1140. The van der Waals surface area contributed by atoms with E-state index in [1.54, 1.807) is 0 Å². The lowest BCUT2D eigenvalue weighted by molar-refractivity contribution is 1.12. The predicted octanol–water partition coefficient (Wildman–Crippen LogP) is 5.01. The van der Waals surface area contributed by atoms with Gasteiger partial charge >= 0.3 is 0 Å². The van der Waals surface area contributed by atoms with E-state index in [0.29, 0.717) is 0 Å². The smallest absolute Gasteiger partial charge is 0.0730 e. The average molecular weight is 310 g/mol. The Morgan fingerprint density at radius 2 is 1.50 bits per heavy atom. The highest BCUT2D eigenvalue weighted by atomic mass is 15.1. The number of H-pyrrole nitrogens is 1. The van der Waals surface area contributed by atoms with E-state index in [0.717, 1.165) is 44.1 Å². The molecule has 5 aromatic rings. The summed E-state index contributed by atoms with van der Waals surface area (Å²) in [5.41, 5.74) is 5.13. The molecular formula is C20H14N4. The molecule has 2 heterocycles. The number of anilines is 2. The molecule has 0 radical (unpaired) electrons. The van der Waals surface area contributed by atoms with Crippen LogP contribution < -0.4 is 5.32 Å². The molecule has 2 aromatic heterocycles. The summed E-state index contributed by atoms with van der Waals surface area (Å²) in [6, 6.07) is 22.6. The molecule has 3 aromatic carbocycles. The first-order valence-electron chi connectivity index (χ1n) is 7.86. The van der Waals surface area contributed by atoms with Crippen molar-refractivity contribution < 1.29 is 0 Å². The second kappa shape index (κ2) is 5.06. The van der Waals surface area contributed by atoms with Crippen molar-refractivity contribution in [3.63, 3.8) is 0 Å². The van der Waals surface area contributed by atoms with Gasteiger partial charge in [0.1, 0.15) is 0 Å². The number of fused-ring (bicyclic) bond motifs is 3. The Balaban J connectivity index is 1.76. The summed E-state index contributed by atoms with van der Waals surface area (Å²) < 4.78 is 0. The van der Waals surface area contributed by atoms with E-state index in [-0.39, 0.29) is 0 Å². The molecule has 4 nitrogen and oxygen atoms in total. The van der Waals surface area contributed by atoms with Crippen molar-refractivity contribution in [3.05, 3.63) is 72.9 Å². The number of nitrogens with zero attached hydrogens (tertiary/aromatic N) is 2. The zero-order valence-electron chi connectivity index (χ0n) is 12.8. The molecule has 0 unspecified atom stereocenters. The highest BCUT2D eigenvalue weighted by Gasteiger charge is 2.09. The van der Waals surface area contributed by atoms with Gasteiger partial charge in [-0.3, -0.25) is 5.10 Å². The van der Waals surface area contributed by atoms with Gasteiger partial charge in [-0.25, -0.2) is 4.98 Å². The standard InChI is InChI=1S/C20H14N4/c1-3-7-18-15(5-1)20(16-6-2-4-8-19(16)23-18)22-14-9-10-17-13(11-14)12-21-24-17/h1-12H,(H,21,24)(H,22,23). The van der Waals surface area contributed by atoms with Crippen molar-refractivity contribution in [3.8, 4) is 0 Å². The Labute approximate surface area is 138 Å². The van der Waals surface area contributed by atoms with Gasteiger partial charge in [0.05, 0.1) is 28.4 Å². The van der Waals surface area contributed by atoms with Crippen LogP contribution in [0, 0.1) is 0 Å². The molecule has 0 amide bonds. The highest BCUT2D eigenvalue weighted by molar-refractivity contribution is 6.08. The molecule has 4 heteroatoms. The van der Waals surface area contributed by atoms with Crippen molar-refractivity contribution in [2.24, 2.45) is 0 Å². The van der Waals surface area contributed by atoms with Gasteiger partial charge < -0.3 is 5.32 Å². The van der Waals surface area contributed by atoms with Gasteiger partial charge in [-0.15, -0.1) is 0 Å². The van der Waals surface area contributed by atoms with Crippen LogP contribution in [0.25, 0.3) is 32.7 Å². The van der Waals surface area contributed by atoms with Gasteiger partial charge in [0.2, 0.25) is 0 Å². The van der Waals surface area contributed by atoms with Gasteiger partial charge in [-0.2, -0.15) is 5.10 Å². The third-order valence-corrected chi connectivity index (χ3v) is 4.30. The fourth-order valence-electron chi connectivity index (χ4n) is 3.14. The maximum atomic E-state index is 4.77. The van der Waals surface area contributed by atoms with E-state index in [4.69, 9.17) is 4.98 Å². The van der Waals surface area contributed by atoms with Gasteiger partial charge in [-0.05, 0) is 30.3 Å². The van der Waals surface area contributed by atoms with Gasteiger partial charge in [0.25, 0.3) is 0 Å².